The summed E-state index contributed by atoms with van der Waals surface area (Å²) in [5.41, 5.74) is 0.816. The Morgan fingerprint density at radius 3 is 2.36 bits per heavy atom. The summed E-state index contributed by atoms with van der Waals surface area (Å²) in [6, 6.07) is 5.24. The SMILES string of the molecule is CC(C)(C1CC1)N1CCN(C(=O)CCC(=O)c2ccc3c(c2)OCCO3)CC1. The lowest BCUT2D eigenvalue weighted by atomic mass is 9.95. The van der Waals surface area contributed by atoms with Gasteiger partial charge in [0, 0.05) is 50.1 Å². The topological polar surface area (TPSA) is 59.1 Å². The lowest BCUT2D eigenvalue weighted by Gasteiger charge is -2.44. The third-order valence-electron chi connectivity index (χ3n) is 6.45. The Balaban J connectivity index is 1.26. The molecule has 4 rings (SSSR count). The second kappa shape index (κ2) is 7.74. The minimum absolute atomic E-state index is 0.0289. The maximum absolute atomic E-state index is 12.6. The minimum atomic E-state index is -0.0289. The van der Waals surface area contributed by atoms with Crippen molar-refractivity contribution in [3.8, 4) is 11.5 Å². The molecule has 0 N–H and O–H groups in total. The Labute approximate surface area is 166 Å². The van der Waals surface area contributed by atoms with E-state index in [-0.39, 0.29) is 30.1 Å². The molecule has 152 valence electrons. The highest BCUT2D eigenvalue weighted by Crippen LogP contribution is 2.43. The van der Waals surface area contributed by atoms with Crippen molar-refractivity contribution < 1.29 is 19.1 Å². The minimum Gasteiger partial charge on any atom is -0.486 e. The second-order valence-electron chi connectivity index (χ2n) is 8.58. The number of Topliss-reactive ketones (excluding diaryl/α,β-unsaturated/α-hetero) is 1. The molecule has 3 aliphatic rings. The monoisotopic (exact) mass is 386 g/mol. The highest BCUT2D eigenvalue weighted by molar-refractivity contribution is 5.98. The van der Waals surface area contributed by atoms with Gasteiger partial charge in [-0.25, -0.2) is 0 Å². The fraction of sp³-hybridized carbons (Fsp3) is 0.636. The number of hydrogen-bond acceptors (Lipinski definition) is 5. The summed E-state index contributed by atoms with van der Waals surface area (Å²) < 4.78 is 11.0. The first-order valence-corrected chi connectivity index (χ1v) is 10.4. The van der Waals surface area contributed by atoms with Crippen molar-refractivity contribution in [2.45, 2.75) is 45.1 Å². The molecule has 1 saturated carbocycles. The fourth-order valence-corrected chi connectivity index (χ4v) is 4.32. The van der Waals surface area contributed by atoms with Gasteiger partial charge in [-0.05, 0) is 50.8 Å². The molecule has 0 radical (unpaired) electrons. The summed E-state index contributed by atoms with van der Waals surface area (Å²) in [5, 5.41) is 0. The smallest absolute Gasteiger partial charge is 0.223 e. The number of carbonyl (C=O) groups is 2. The van der Waals surface area contributed by atoms with Crippen LogP contribution >= 0.6 is 0 Å². The highest BCUT2D eigenvalue weighted by atomic mass is 16.6. The first-order valence-electron chi connectivity index (χ1n) is 10.4. The van der Waals surface area contributed by atoms with Crippen LogP contribution in [0.2, 0.25) is 0 Å². The van der Waals surface area contributed by atoms with Crippen molar-refractivity contribution >= 4 is 11.7 Å². The van der Waals surface area contributed by atoms with Crippen LogP contribution in [-0.4, -0.2) is 66.4 Å². The zero-order valence-electron chi connectivity index (χ0n) is 16.9. The first-order chi connectivity index (χ1) is 13.4. The maximum Gasteiger partial charge on any atom is 0.223 e. The lowest BCUT2D eigenvalue weighted by Crippen LogP contribution is -2.56. The van der Waals surface area contributed by atoms with Gasteiger partial charge in [0.25, 0.3) is 0 Å². The predicted octanol–water partition coefficient (Wildman–Crippen LogP) is 2.75. The van der Waals surface area contributed by atoms with Gasteiger partial charge < -0.3 is 14.4 Å². The van der Waals surface area contributed by atoms with E-state index in [9.17, 15) is 9.59 Å². The molecule has 1 saturated heterocycles. The van der Waals surface area contributed by atoms with Gasteiger partial charge in [0.1, 0.15) is 13.2 Å². The standard InChI is InChI=1S/C22H30N2O4/c1-22(2,17-4-5-17)24-11-9-23(10-12-24)21(26)8-6-18(25)16-3-7-19-20(15-16)28-14-13-27-19/h3,7,15,17H,4-6,8-14H2,1-2H3. The molecule has 28 heavy (non-hydrogen) atoms. The summed E-state index contributed by atoms with van der Waals surface area (Å²) in [4.78, 5) is 29.5. The van der Waals surface area contributed by atoms with Gasteiger partial charge in [-0.2, -0.15) is 0 Å². The molecule has 0 spiro atoms. The zero-order chi connectivity index (χ0) is 19.7. The summed E-state index contributed by atoms with van der Waals surface area (Å²) in [7, 11) is 0. The number of piperazine rings is 1. The molecule has 1 aliphatic carbocycles. The number of carbonyl (C=O) groups excluding carboxylic acids is 2. The molecule has 0 bridgehead atoms. The predicted molar refractivity (Wildman–Crippen MR) is 106 cm³/mol. The molecule has 2 aliphatic heterocycles. The third kappa shape index (κ3) is 4.02. The second-order valence-corrected chi connectivity index (χ2v) is 8.58. The molecule has 1 aromatic carbocycles. The van der Waals surface area contributed by atoms with Crippen LogP contribution in [-0.2, 0) is 4.79 Å². The summed E-state index contributed by atoms with van der Waals surface area (Å²) in [5.74, 6) is 2.13. The van der Waals surface area contributed by atoms with E-state index >= 15 is 0 Å². The van der Waals surface area contributed by atoms with Crippen LogP contribution < -0.4 is 9.47 Å². The van der Waals surface area contributed by atoms with E-state index in [0.29, 0.717) is 30.3 Å². The first kappa shape index (κ1) is 19.2. The van der Waals surface area contributed by atoms with E-state index < -0.39 is 0 Å². The molecule has 1 aromatic rings. The number of amides is 1. The molecule has 2 heterocycles. The molecule has 0 aromatic heterocycles. The molecule has 6 heteroatoms. The summed E-state index contributed by atoms with van der Waals surface area (Å²) in [6.07, 6.45) is 3.15. The van der Waals surface area contributed by atoms with Gasteiger partial charge in [0.15, 0.2) is 17.3 Å². The van der Waals surface area contributed by atoms with Crippen LogP contribution in [0.25, 0.3) is 0 Å². The number of fused-ring (bicyclic) bond motifs is 1. The van der Waals surface area contributed by atoms with E-state index in [4.69, 9.17) is 9.47 Å². The molecule has 0 atom stereocenters. The van der Waals surface area contributed by atoms with Crippen molar-refractivity contribution in [2.75, 3.05) is 39.4 Å². The Bertz CT molecular complexity index is 749. The fourth-order valence-electron chi connectivity index (χ4n) is 4.32. The van der Waals surface area contributed by atoms with Gasteiger partial charge in [0.05, 0.1) is 0 Å². The quantitative estimate of drug-likeness (QED) is 0.704. The average molecular weight is 386 g/mol. The van der Waals surface area contributed by atoms with E-state index in [0.717, 1.165) is 32.1 Å². The largest absolute Gasteiger partial charge is 0.486 e. The lowest BCUT2D eigenvalue weighted by molar-refractivity contribution is -0.133. The van der Waals surface area contributed by atoms with Crippen LogP contribution in [0.4, 0.5) is 0 Å². The van der Waals surface area contributed by atoms with Crippen LogP contribution in [0.3, 0.4) is 0 Å². The maximum atomic E-state index is 12.6. The van der Waals surface area contributed by atoms with Crippen LogP contribution in [0.15, 0.2) is 18.2 Å². The van der Waals surface area contributed by atoms with Crippen molar-refractivity contribution in [3.63, 3.8) is 0 Å². The van der Waals surface area contributed by atoms with Crippen molar-refractivity contribution in [1.82, 2.24) is 9.80 Å². The number of ether oxygens (including phenoxy) is 2. The molecular formula is C22H30N2O4. The molecule has 1 amide bonds. The molecule has 2 fully saturated rings. The van der Waals surface area contributed by atoms with Crippen LogP contribution in [0.5, 0.6) is 11.5 Å². The van der Waals surface area contributed by atoms with Gasteiger partial charge in [-0.1, -0.05) is 0 Å². The van der Waals surface area contributed by atoms with Crippen molar-refractivity contribution in [1.29, 1.82) is 0 Å². The Morgan fingerprint density at radius 1 is 1.00 bits per heavy atom. The van der Waals surface area contributed by atoms with Gasteiger partial charge >= 0.3 is 0 Å². The number of rotatable bonds is 6. The third-order valence-corrected chi connectivity index (χ3v) is 6.45. The van der Waals surface area contributed by atoms with E-state index in [1.807, 2.05) is 4.90 Å². The number of hydrogen-bond donors (Lipinski definition) is 0. The molecule has 6 nitrogen and oxygen atoms in total. The Hall–Kier alpha value is -2.08. The van der Waals surface area contributed by atoms with Gasteiger partial charge in [-0.15, -0.1) is 0 Å². The van der Waals surface area contributed by atoms with E-state index in [1.165, 1.54) is 12.8 Å². The normalized spacial score (nSPS) is 20.1. The van der Waals surface area contributed by atoms with E-state index in [1.54, 1.807) is 18.2 Å². The Morgan fingerprint density at radius 2 is 1.68 bits per heavy atom. The average Bonchev–Trinajstić information content (AvgIpc) is 3.57. The summed E-state index contributed by atoms with van der Waals surface area (Å²) in [6.45, 7) is 9.03. The zero-order valence-corrected chi connectivity index (χ0v) is 16.9. The van der Waals surface area contributed by atoms with E-state index in [2.05, 4.69) is 18.7 Å². The van der Waals surface area contributed by atoms with Crippen LogP contribution in [0.1, 0.15) is 49.9 Å². The van der Waals surface area contributed by atoms with Gasteiger partial charge in [0.2, 0.25) is 5.91 Å². The highest BCUT2D eigenvalue weighted by Gasteiger charge is 2.42. The van der Waals surface area contributed by atoms with Crippen molar-refractivity contribution in [3.05, 3.63) is 23.8 Å². The molecule has 0 unspecified atom stereocenters. The number of ketones is 1. The Kier molecular flexibility index (Phi) is 5.32. The number of benzene rings is 1. The molecular weight excluding hydrogens is 356 g/mol. The van der Waals surface area contributed by atoms with Crippen molar-refractivity contribution in [2.24, 2.45) is 5.92 Å². The summed E-state index contributed by atoms with van der Waals surface area (Å²) >= 11 is 0. The van der Waals surface area contributed by atoms with Crippen LogP contribution in [0, 0.1) is 5.92 Å². The number of nitrogens with zero attached hydrogens (tertiary/aromatic N) is 2. The van der Waals surface area contributed by atoms with Gasteiger partial charge in [-0.3, -0.25) is 14.5 Å².